The molecule has 2 fully saturated rings. The van der Waals surface area contributed by atoms with Crippen molar-refractivity contribution in [2.24, 2.45) is 18.7 Å². The molecule has 0 unspecified atom stereocenters. The van der Waals surface area contributed by atoms with Gasteiger partial charge in [0, 0.05) is 31.9 Å². The molecule has 1 aliphatic carbocycles. The third kappa shape index (κ3) is 1.69. The van der Waals surface area contributed by atoms with Crippen LogP contribution >= 0.6 is 0 Å². The molecule has 1 saturated carbocycles. The molecule has 1 aromatic heterocycles. The first-order valence-electron chi connectivity index (χ1n) is 5.69. The van der Waals surface area contributed by atoms with Gasteiger partial charge in [-0.05, 0) is 18.8 Å². The molecule has 0 amide bonds. The lowest BCUT2D eigenvalue weighted by Gasteiger charge is -2.46. The molecule has 1 aliphatic heterocycles. The lowest BCUT2D eigenvalue weighted by atomic mass is 9.88. The minimum absolute atomic E-state index is 0.248. The Bertz CT molecular complexity index is 540. The van der Waals surface area contributed by atoms with Gasteiger partial charge in [-0.25, -0.2) is 8.42 Å². The molecule has 0 bridgehead atoms. The highest BCUT2D eigenvalue weighted by Crippen LogP contribution is 2.44. The summed E-state index contributed by atoms with van der Waals surface area (Å²) in [6, 6.07) is 0. The number of aryl methyl sites for hydroxylation is 1. The summed E-state index contributed by atoms with van der Waals surface area (Å²) in [6.45, 7) is 0.879. The minimum Gasteiger partial charge on any atom is -0.323 e. The molecule has 17 heavy (non-hydrogen) atoms. The summed E-state index contributed by atoms with van der Waals surface area (Å²) in [4.78, 5) is 0.248. The van der Waals surface area contributed by atoms with E-state index in [9.17, 15) is 8.42 Å². The van der Waals surface area contributed by atoms with Gasteiger partial charge in [0.25, 0.3) is 0 Å². The molecule has 7 heteroatoms. The molecule has 1 saturated heterocycles. The summed E-state index contributed by atoms with van der Waals surface area (Å²) in [5.74, 6) is 0.517. The maximum atomic E-state index is 12.2. The van der Waals surface area contributed by atoms with Crippen molar-refractivity contribution in [3.63, 3.8) is 0 Å². The van der Waals surface area contributed by atoms with Gasteiger partial charge in [0.05, 0.1) is 6.20 Å². The Morgan fingerprint density at radius 2 is 2.12 bits per heavy atom. The maximum Gasteiger partial charge on any atom is 0.246 e. The maximum absolute atomic E-state index is 12.2. The summed E-state index contributed by atoms with van der Waals surface area (Å²) in [6.07, 6.45) is 5.17. The highest BCUT2D eigenvalue weighted by molar-refractivity contribution is 7.89. The molecule has 2 N–H and O–H groups in total. The fraction of sp³-hybridized carbons (Fsp3) is 0.700. The lowest BCUT2D eigenvalue weighted by Crippen LogP contribution is -2.69. The molecule has 1 aromatic rings. The summed E-state index contributed by atoms with van der Waals surface area (Å²) in [7, 11) is -1.69. The van der Waals surface area contributed by atoms with Gasteiger partial charge in [-0.15, -0.1) is 0 Å². The van der Waals surface area contributed by atoms with Gasteiger partial charge in [0.15, 0.2) is 0 Å². The van der Waals surface area contributed by atoms with Crippen LogP contribution in [0.15, 0.2) is 17.3 Å². The smallest absolute Gasteiger partial charge is 0.246 e. The zero-order valence-electron chi connectivity index (χ0n) is 9.70. The molecule has 0 radical (unpaired) electrons. The fourth-order valence-electron chi connectivity index (χ4n) is 2.38. The van der Waals surface area contributed by atoms with Crippen LogP contribution in [0.1, 0.15) is 12.8 Å². The topological polar surface area (TPSA) is 81.2 Å². The van der Waals surface area contributed by atoms with Crippen LogP contribution in [0.25, 0.3) is 0 Å². The van der Waals surface area contributed by atoms with Gasteiger partial charge in [-0.1, -0.05) is 0 Å². The molecule has 0 aromatic carbocycles. The zero-order chi connectivity index (χ0) is 12.3. The SMILES string of the molecule is Cn1cc(S(=O)(=O)N2CC(N)(C3CC3)C2)cn1. The Morgan fingerprint density at radius 3 is 2.59 bits per heavy atom. The van der Waals surface area contributed by atoms with E-state index in [0.29, 0.717) is 19.0 Å². The van der Waals surface area contributed by atoms with Crippen molar-refractivity contribution < 1.29 is 8.42 Å². The van der Waals surface area contributed by atoms with Gasteiger partial charge in [-0.3, -0.25) is 4.68 Å². The Labute approximate surface area is 100 Å². The molecule has 94 valence electrons. The molecule has 0 atom stereocenters. The van der Waals surface area contributed by atoms with Gasteiger partial charge in [0.2, 0.25) is 10.0 Å². The Kier molecular flexibility index (Phi) is 2.17. The first kappa shape index (κ1) is 11.2. The van der Waals surface area contributed by atoms with E-state index in [1.807, 2.05) is 0 Å². The van der Waals surface area contributed by atoms with E-state index in [1.54, 1.807) is 7.05 Å². The number of rotatable bonds is 3. The van der Waals surface area contributed by atoms with Crippen molar-refractivity contribution in [3.05, 3.63) is 12.4 Å². The number of aromatic nitrogens is 2. The van der Waals surface area contributed by atoms with E-state index < -0.39 is 10.0 Å². The average Bonchev–Trinajstić information content (AvgIpc) is 2.97. The number of hydrogen-bond acceptors (Lipinski definition) is 4. The van der Waals surface area contributed by atoms with E-state index in [2.05, 4.69) is 5.10 Å². The monoisotopic (exact) mass is 256 g/mol. The first-order valence-corrected chi connectivity index (χ1v) is 7.13. The van der Waals surface area contributed by atoms with Gasteiger partial charge in [0.1, 0.15) is 4.90 Å². The van der Waals surface area contributed by atoms with E-state index in [4.69, 9.17) is 5.73 Å². The fourth-order valence-corrected chi connectivity index (χ4v) is 3.96. The van der Waals surface area contributed by atoms with Crippen LogP contribution in [0, 0.1) is 5.92 Å². The Balaban J connectivity index is 1.78. The Hall–Kier alpha value is -0.920. The van der Waals surface area contributed by atoms with Crippen molar-refractivity contribution in [1.82, 2.24) is 14.1 Å². The van der Waals surface area contributed by atoms with Crippen molar-refractivity contribution in [1.29, 1.82) is 0 Å². The number of sulfonamides is 1. The third-order valence-electron chi connectivity index (χ3n) is 3.65. The van der Waals surface area contributed by atoms with Gasteiger partial charge < -0.3 is 5.73 Å². The standard InChI is InChI=1S/C10H16N4O2S/c1-13-5-9(4-12-13)17(15,16)14-6-10(11,7-14)8-2-3-8/h4-5,8H,2-3,6-7,11H2,1H3. The number of nitrogens with two attached hydrogens (primary N) is 1. The van der Waals surface area contributed by atoms with Crippen LogP contribution in [0.3, 0.4) is 0 Å². The highest BCUT2D eigenvalue weighted by atomic mass is 32.2. The van der Waals surface area contributed by atoms with Gasteiger partial charge in [-0.2, -0.15) is 9.40 Å². The highest BCUT2D eigenvalue weighted by Gasteiger charge is 2.53. The summed E-state index contributed by atoms with van der Waals surface area (Å²) in [5.41, 5.74) is 5.87. The van der Waals surface area contributed by atoms with Gasteiger partial charge >= 0.3 is 0 Å². The van der Waals surface area contributed by atoms with Crippen LogP contribution in [0.5, 0.6) is 0 Å². The number of nitrogens with zero attached hydrogens (tertiary/aromatic N) is 3. The van der Waals surface area contributed by atoms with Crippen molar-refractivity contribution in [2.75, 3.05) is 13.1 Å². The van der Waals surface area contributed by atoms with E-state index >= 15 is 0 Å². The molecule has 2 aliphatic rings. The molecule has 2 heterocycles. The van der Waals surface area contributed by atoms with Crippen LogP contribution in [-0.4, -0.2) is 41.1 Å². The lowest BCUT2D eigenvalue weighted by molar-refractivity contribution is 0.135. The number of hydrogen-bond donors (Lipinski definition) is 1. The molecular weight excluding hydrogens is 240 g/mol. The third-order valence-corrected chi connectivity index (χ3v) is 5.40. The quantitative estimate of drug-likeness (QED) is 0.793. The van der Waals surface area contributed by atoms with Crippen LogP contribution in [0.2, 0.25) is 0 Å². The van der Waals surface area contributed by atoms with Crippen molar-refractivity contribution in [3.8, 4) is 0 Å². The minimum atomic E-state index is -3.39. The van der Waals surface area contributed by atoms with E-state index in [1.165, 1.54) is 21.4 Å². The van der Waals surface area contributed by atoms with Crippen molar-refractivity contribution in [2.45, 2.75) is 23.3 Å². The molecule has 0 spiro atoms. The predicted octanol–water partition coefficient (Wildman–Crippen LogP) is -0.468. The Morgan fingerprint density at radius 1 is 1.47 bits per heavy atom. The average molecular weight is 256 g/mol. The van der Waals surface area contributed by atoms with Crippen molar-refractivity contribution >= 4 is 10.0 Å². The van der Waals surface area contributed by atoms with E-state index in [-0.39, 0.29) is 10.4 Å². The van der Waals surface area contributed by atoms with Crippen LogP contribution < -0.4 is 5.73 Å². The second-order valence-electron chi connectivity index (χ2n) is 5.13. The molecular formula is C10H16N4O2S. The normalized spacial score (nSPS) is 24.6. The largest absolute Gasteiger partial charge is 0.323 e. The predicted molar refractivity (Wildman–Crippen MR) is 61.6 cm³/mol. The summed E-state index contributed by atoms with van der Waals surface area (Å²) in [5, 5.41) is 3.89. The zero-order valence-corrected chi connectivity index (χ0v) is 10.5. The first-order chi connectivity index (χ1) is 7.92. The second-order valence-corrected chi connectivity index (χ2v) is 7.07. The second kappa shape index (κ2) is 3.30. The van der Waals surface area contributed by atoms with Crippen LogP contribution in [-0.2, 0) is 17.1 Å². The summed E-state index contributed by atoms with van der Waals surface area (Å²) < 4.78 is 27.3. The molecule has 6 nitrogen and oxygen atoms in total. The summed E-state index contributed by atoms with van der Waals surface area (Å²) >= 11 is 0. The van der Waals surface area contributed by atoms with Crippen LogP contribution in [0.4, 0.5) is 0 Å². The van der Waals surface area contributed by atoms with E-state index in [0.717, 1.165) is 12.8 Å². The molecule has 3 rings (SSSR count).